The molecule has 0 saturated heterocycles. The highest BCUT2D eigenvalue weighted by Gasteiger charge is 2.13. The summed E-state index contributed by atoms with van der Waals surface area (Å²) in [5.74, 6) is -0.455. The summed E-state index contributed by atoms with van der Waals surface area (Å²) in [4.78, 5) is 0. The predicted octanol–water partition coefficient (Wildman–Crippen LogP) is -0.290. The average Bonchev–Trinajstić information content (AvgIpc) is 2.32. The number of thiophene rings is 1. The van der Waals surface area contributed by atoms with Gasteiger partial charge in [0.25, 0.3) is 10.0 Å². The minimum Gasteiger partial charge on any atom is -0.369 e. The molecule has 0 radical (unpaired) electrons. The van der Waals surface area contributed by atoms with E-state index in [2.05, 4.69) is 4.40 Å². The number of sulfonamides is 1. The van der Waals surface area contributed by atoms with Crippen LogP contribution in [0.1, 0.15) is 0 Å². The zero-order chi connectivity index (χ0) is 9.19. The molecule has 4 N–H and O–H groups in total. The van der Waals surface area contributed by atoms with Gasteiger partial charge in [-0.05, 0) is 11.4 Å². The summed E-state index contributed by atoms with van der Waals surface area (Å²) in [5, 5.41) is 1.63. The number of nitrogens with zero attached hydrogens (tertiary/aromatic N) is 1. The smallest absolute Gasteiger partial charge is 0.295 e. The van der Waals surface area contributed by atoms with Crippen LogP contribution in [0.4, 0.5) is 0 Å². The van der Waals surface area contributed by atoms with Crippen LogP contribution in [0.25, 0.3) is 0 Å². The maximum Gasteiger partial charge on any atom is 0.295 e. The Kier molecular flexibility index (Phi) is 2.34. The van der Waals surface area contributed by atoms with Crippen molar-refractivity contribution >= 4 is 27.3 Å². The lowest BCUT2D eigenvalue weighted by Gasteiger charge is -1.92. The Morgan fingerprint density at radius 2 is 2.17 bits per heavy atom. The Morgan fingerprint density at radius 1 is 1.50 bits per heavy atom. The average molecular weight is 205 g/mol. The van der Waals surface area contributed by atoms with E-state index in [1.807, 2.05) is 0 Å². The van der Waals surface area contributed by atoms with E-state index in [0.717, 1.165) is 11.3 Å². The first-order chi connectivity index (χ1) is 5.52. The van der Waals surface area contributed by atoms with Crippen LogP contribution in [0.5, 0.6) is 0 Å². The summed E-state index contributed by atoms with van der Waals surface area (Å²) in [7, 11) is -3.66. The first-order valence-electron chi connectivity index (χ1n) is 2.92. The fraction of sp³-hybridized carbons (Fsp3) is 0. The standard InChI is InChI=1S/C5H7N3O2S2/c6-5(7)8-12(9,10)4-2-1-3-11-4/h1-3H,(H4,6,7,8). The summed E-state index contributed by atoms with van der Waals surface area (Å²) in [5.41, 5.74) is 9.88. The van der Waals surface area contributed by atoms with Crippen LogP contribution in [-0.2, 0) is 10.0 Å². The number of rotatable bonds is 2. The lowest BCUT2D eigenvalue weighted by molar-refractivity contribution is 0.600. The molecule has 66 valence electrons. The molecule has 1 aromatic heterocycles. The van der Waals surface area contributed by atoms with Crippen LogP contribution in [0.15, 0.2) is 26.1 Å². The third kappa shape index (κ3) is 1.95. The van der Waals surface area contributed by atoms with Crippen molar-refractivity contribution in [3.05, 3.63) is 17.5 Å². The Hall–Kier alpha value is -1.08. The second-order valence-electron chi connectivity index (χ2n) is 1.92. The molecular formula is C5H7N3O2S2. The fourth-order valence-electron chi connectivity index (χ4n) is 0.594. The maximum absolute atomic E-state index is 11.2. The van der Waals surface area contributed by atoms with Crippen molar-refractivity contribution < 1.29 is 8.42 Å². The Bertz CT molecular complexity index is 375. The van der Waals surface area contributed by atoms with Crippen molar-refractivity contribution in [3.8, 4) is 0 Å². The van der Waals surface area contributed by atoms with Gasteiger partial charge in [-0.1, -0.05) is 6.07 Å². The van der Waals surface area contributed by atoms with Gasteiger partial charge in [-0.25, -0.2) is 0 Å². The highest BCUT2D eigenvalue weighted by molar-refractivity contribution is 7.92. The lowest BCUT2D eigenvalue weighted by Crippen LogP contribution is -2.24. The van der Waals surface area contributed by atoms with Crippen LogP contribution in [0.2, 0.25) is 0 Å². The number of hydrogen-bond acceptors (Lipinski definition) is 3. The first kappa shape index (κ1) is 9.01. The Morgan fingerprint density at radius 3 is 2.58 bits per heavy atom. The highest BCUT2D eigenvalue weighted by Crippen LogP contribution is 2.17. The number of guanidine groups is 1. The van der Waals surface area contributed by atoms with E-state index in [4.69, 9.17) is 11.5 Å². The van der Waals surface area contributed by atoms with E-state index < -0.39 is 16.0 Å². The molecule has 0 fully saturated rings. The Balaban J connectivity index is 3.13. The molecule has 0 atom stereocenters. The SMILES string of the molecule is NC(N)=NS(=O)(=O)c1cccs1. The molecule has 1 aromatic rings. The normalized spacial score (nSPS) is 11.0. The summed E-state index contributed by atoms with van der Waals surface area (Å²) >= 11 is 1.07. The predicted molar refractivity (Wildman–Crippen MR) is 47.3 cm³/mol. The van der Waals surface area contributed by atoms with Gasteiger partial charge in [-0.2, -0.15) is 8.42 Å². The van der Waals surface area contributed by atoms with Crippen molar-refractivity contribution in [2.24, 2.45) is 15.9 Å². The van der Waals surface area contributed by atoms with E-state index in [0.29, 0.717) is 0 Å². The summed E-state index contributed by atoms with van der Waals surface area (Å²) in [6.07, 6.45) is 0. The van der Waals surface area contributed by atoms with Crippen LogP contribution >= 0.6 is 11.3 Å². The van der Waals surface area contributed by atoms with Gasteiger partial charge in [-0.3, -0.25) is 0 Å². The molecule has 1 rings (SSSR count). The van der Waals surface area contributed by atoms with E-state index in [-0.39, 0.29) is 4.21 Å². The first-order valence-corrected chi connectivity index (χ1v) is 5.24. The molecule has 5 nitrogen and oxygen atoms in total. The molecule has 0 aromatic carbocycles. The van der Waals surface area contributed by atoms with Gasteiger partial charge in [0.05, 0.1) is 0 Å². The minimum absolute atomic E-state index is 0.135. The molecule has 7 heteroatoms. The third-order valence-electron chi connectivity index (χ3n) is 0.975. The molecule has 1 heterocycles. The molecule has 12 heavy (non-hydrogen) atoms. The van der Waals surface area contributed by atoms with Crippen LogP contribution < -0.4 is 11.5 Å². The van der Waals surface area contributed by atoms with E-state index in [9.17, 15) is 8.42 Å². The molecular weight excluding hydrogens is 198 g/mol. The largest absolute Gasteiger partial charge is 0.369 e. The van der Waals surface area contributed by atoms with Gasteiger partial charge in [0.15, 0.2) is 0 Å². The maximum atomic E-state index is 11.2. The molecule has 0 bridgehead atoms. The zero-order valence-corrected chi connectivity index (χ0v) is 7.60. The van der Waals surface area contributed by atoms with Crippen molar-refractivity contribution in [3.63, 3.8) is 0 Å². The molecule has 0 unspecified atom stereocenters. The van der Waals surface area contributed by atoms with Gasteiger partial charge in [0.2, 0.25) is 5.96 Å². The van der Waals surface area contributed by atoms with Crippen LogP contribution in [0, 0.1) is 0 Å². The molecule has 0 aliphatic heterocycles. The van der Waals surface area contributed by atoms with Crippen molar-refractivity contribution in [1.29, 1.82) is 0 Å². The Labute approximate surface area is 73.8 Å². The molecule has 0 aliphatic rings. The van der Waals surface area contributed by atoms with Gasteiger partial charge >= 0.3 is 0 Å². The van der Waals surface area contributed by atoms with E-state index in [1.54, 1.807) is 11.4 Å². The molecule has 0 spiro atoms. The summed E-state index contributed by atoms with van der Waals surface area (Å²) < 4.78 is 25.6. The van der Waals surface area contributed by atoms with Crippen LogP contribution in [-0.4, -0.2) is 14.4 Å². The zero-order valence-electron chi connectivity index (χ0n) is 5.97. The quantitative estimate of drug-likeness (QED) is 0.512. The minimum atomic E-state index is -3.66. The second kappa shape index (κ2) is 3.11. The van der Waals surface area contributed by atoms with E-state index >= 15 is 0 Å². The lowest BCUT2D eigenvalue weighted by atomic mass is 10.7. The molecule has 0 amide bonds. The van der Waals surface area contributed by atoms with Gasteiger partial charge < -0.3 is 11.5 Å². The molecule has 0 saturated carbocycles. The topological polar surface area (TPSA) is 98.5 Å². The second-order valence-corrected chi connectivity index (χ2v) is 4.70. The number of nitrogens with two attached hydrogens (primary N) is 2. The van der Waals surface area contributed by atoms with Crippen molar-refractivity contribution in [1.82, 2.24) is 0 Å². The van der Waals surface area contributed by atoms with Gasteiger partial charge in [-0.15, -0.1) is 15.7 Å². The van der Waals surface area contributed by atoms with Gasteiger partial charge in [0, 0.05) is 0 Å². The van der Waals surface area contributed by atoms with Crippen LogP contribution in [0.3, 0.4) is 0 Å². The summed E-state index contributed by atoms with van der Waals surface area (Å²) in [6.45, 7) is 0. The van der Waals surface area contributed by atoms with E-state index in [1.165, 1.54) is 6.07 Å². The number of hydrogen-bond donors (Lipinski definition) is 2. The monoisotopic (exact) mass is 205 g/mol. The summed E-state index contributed by atoms with van der Waals surface area (Å²) in [6, 6.07) is 3.05. The third-order valence-corrected chi connectivity index (χ3v) is 3.65. The fourth-order valence-corrected chi connectivity index (χ4v) is 2.43. The van der Waals surface area contributed by atoms with Crippen molar-refractivity contribution in [2.45, 2.75) is 4.21 Å². The molecule has 0 aliphatic carbocycles. The van der Waals surface area contributed by atoms with Gasteiger partial charge in [0.1, 0.15) is 4.21 Å². The van der Waals surface area contributed by atoms with Crippen molar-refractivity contribution in [2.75, 3.05) is 0 Å². The highest BCUT2D eigenvalue weighted by atomic mass is 32.2.